The lowest BCUT2D eigenvalue weighted by atomic mass is 10.7. The minimum absolute atomic E-state index is 1.01. The first-order valence-corrected chi connectivity index (χ1v) is 6.74. The van der Waals surface area contributed by atoms with Crippen LogP contribution in [0.4, 0.5) is 0 Å². The minimum atomic E-state index is -1.01. The molecule has 0 spiro atoms. The Morgan fingerprint density at radius 2 is 2.00 bits per heavy atom. The van der Waals surface area contributed by atoms with Crippen molar-refractivity contribution in [2.45, 2.75) is 19.6 Å². The van der Waals surface area contributed by atoms with Gasteiger partial charge in [0.15, 0.2) is 0 Å². The van der Waals surface area contributed by atoms with Crippen LogP contribution in [0.3, 0.4) is 0 Å². The van der Waals surface area contributed by atoms with E-state index >= 15 is 0 Å². The molecule has 0 fully saturated rings. The molecule has 50 valence electrons. The number of hydrogen-bond acceptors (Lipinski definition) is 0. The van der Waals surface area contributed by atoms with Gasteiger partial charge in [0.05, 0.1) is 8.07 Å². The van der Waals surface area contributed by atoms with E-state index in [0.717, 1.165) is 0 Å². The number of aromatic nitrogens is 1. The number of hydrogen-bond donors (Lipinski definition) is 1. The molecule has 0 bridgehead atoms. The Morgan fingerprint density at radius 3 is 2.22 bits per heavy atom. The fourth-order valence-electron chi connectivity index (χ4n) is 0.790. The Morgan fingerprint density at radius 1 is 1.33 bits per heavy atom. The van der Waals surface area contributed by atoms with E-state index in [-0.39, 0.29) is 0 Å². The molecule has 0 saturated heterocycles. The summed E-state index contributed by atoms with van der Waals surface area (Å²) in [7, 11) is -1.01. The molecule has 1 nitrogen and oxygen atoms in total. The standard InChI is InChI=1S/C7H13NSi/c1-9(2,3)7-4-5-8-6-7/h4-6,8H,1-3H3. The Kier molecular flexibility index (Phi) is 1.49. The number of nitrogens with one attached hydrogen (secondary N) is 1. The van der Waals surface area contributed by atoms with Gasteiger partial charge in [0.25, 0.3) is 0 Å². The van der Waals surface area contributed by atoms with Crippen molar-refractivity contribution in [3.8, 4) is 0 Å². The van der Waals surface area contributed by atoms with Gasteiger partial charge in [0, 0.05) is 6.20 Å². The predicted molar refractivity (Wildman–Crippen MR) is 43.8 cm³/mol. The Balaban J connectivity index is 2.90. The summed E-state index contributed by atoms with van der Waals surface area (Å²) in [5.74, 6) is 0. The molecule has 0 saturated carbocycles. The zero-order valence-corrected chi connectivity index (χ0v) is 7.23. The van der Waals surface area contributed by atoms with Crippen LogP contribution in [-0.2, 0) is 0 Å². The molecule has 0 aliphatic heterocycles. The van der Waals surface area contributed by atoms with E-state index in [2.05, 4.69) is 36.9 Å². The molecule has 0 radical (unpaired) electrons. The molecule has 2 heteroatoms. The topological polar surface area (TPSA) is 15.8 Å². The first-order chi connectivity index (χ1) is 4.11. The molecule has 0 aliphatic rings. The van der Waals surface area contributed by atoms with Crippen LogP contribution in [0.5, 0.6) is 0 Å². The third kappa shape index (κ3) is 1.45. The van der Waals surface area contributed by atoms with E-state index in [1.165, 1.54) is 5.19 Å². The fourth-order valence-corrected chi connectivity index (χ4v) is 1.89. The van der Waals surface area contributed by atoms with Crippen molar-refractivity contribution in [2.24, 2.45) is 0 Å². The van der Waals surface area contributed by atoms with Crippen molar-refractivity contribution in [3.63, 3.8) is 0 Å². The highest BCUT2D eigenvalue weighted by Crippen LogP contribution is 1.99. The van der Waals surface area contributed by atoms with E-state index in [0.29, 0.717) is 0 Å². The van der Waals surface area contributed by atoms with Gasteiger partial charge in [0.2, 0.25) is 0 Å². The molecule has 1 heterocycles. The molecule has 1 rings (SSSR count). The van der Waals surface area contributed by atoms with Gasteiger partial charge < -0.3 is 4.98 Å². The molecule has 0 atom stereocenters. The highest BCUT2D eigenvalue weighted by atomic mass is 28.3. The second kappa shape index (κ2) is 2.03. The summed E-state index contributed by atoms with van der Waals surface area (Å²) in [6, 6.07) is 2.17. The second-order valence-corrected chi connectivity index (χ2v) is 8.43. The molecule has 9 heavy (non-hydrogen) atoms. The Labute approximate surface area is 57.1 Å². The Hall–Kier alpha value is -0.503. The number of rotatable bonds is 1. The summed E-state index contributed by atoms with van der Waals surface area (Å²) in [5.41, 5.74) is 0. The van der Waals surface area contributed by atoms with Crippen molar-refractivity contribution in [1.82, 2.24) is 4.98 Å². The van der Waals surface area contributed by atoms with E-state index in [4.69, 9.17) is 0 Å². The molecule has 1 N–H and O–H groups in total. The maximum absolute atomic E-state index is 3.07. The molecule has 0 aliphatic carbocycles. The smallest absolute Gasteiger partial charge is 0.0795 e. The van der Waals surface area contributed by atoms with Gasteiger partial charge in [-0.05, 0) is 17.4 Å². The van der Waals surface area contributed by atoms with Crippen molar-refractivity contribution in [3.05, 3.63) is 18.5 Å². The fraction of sp³-hybridized carbons (Fsp3) is 0.429. The van der Waals surface area contributed by atoms with Crippen molar-refractivity contribution in [2.75, 3.05) is 0 Å². The highest BCUT2D eigenvalue weighted by molar-refractivity contribution is 6.88. The number of H-pyrrole nitrogens is 1. The van der Waals surface area contributed by atoms with Crippen molar-refractivity contribution in [1.29, 1.82) is 0 Å². The maximum atomic E-state index is 3.07. The van der Waals surface area contributed by atoms with Gasteiger partial charge in [0.1, 0.15) is 0 Å². The van der Waals surface area contributed by atoms with Gasteiger partial charge >= 0.3 is 0 Å². The lowest BCUT2D eigenvalue weighted by Gasteiger charge is -2.12. The summed E-state index contributed by atoms with van der Waals surface area (Å²) in [6.07, 6.45) is 4.10. The summed E-state index contributed by atoms with van der Waals surface area (Å²) in [4.78, 5) is 3.07. The summed E-state index contributed by atoms with van der Waals surface area (Å²) >= 11 is 0. The van der Waals surface area contributed by atoms with Crippen molar-refractivity contribution < 1.29 is 0 Å². The van der Waals surface area contributed by atoms with E-state index < -0.39 is 8.07 Å². The van der Waals surface area contributed by atoms with E-state index in [1.807, 2.05) is 6.20 Å². The lowest BCUT2D eigenvalue weighted by Crippen LogP contribution is -2.36. The van der Waals surface area contributed by atoms with E-state index in [1.54, 1.807) is 0 Å². The van der Waals surface area contributed by atoms with E-state index in [9.17, 15) is 0 Å². The largest absolute Gasteiger partial charge is 0.368 e. The first kappa shape index (κ1) is 6.61. The molecule has 1 aromatic heterocycles. The lowest BCUT2D eigenvalue weighted by molar-refractivity contribution is 1.42. The third-order valence-corrected chi connectivity index (χ3v) is 3.51. The van der Waals surface area contributed by atoms with Crippen LogP contribution in [0, 0.1) is 0 Å². The monoisotopic (exact) mass is 139 g/mol. The zero-order valence-electron chi connectivity index (χ0n) is 6.23. The predicted octanol–water partition coefficient (Wildman–Crippen LogP) is 1.56. The first-order valence-electron chi connectivity index (χ1n) is 3.24. The van der Waals surface area contributed by atoms with Crippen LogP contribution in [0.1, 0.15) is 0 Å². The van der Waals surface area contributed by atoms with Crippen LogP contribution in [0.25, 0.3) is 0 Å². The Bertz CT molecular complexity index is 171. The van der Waals surface area contributed by atoms with Crippen LogP contribution in [0.2, 0.25) is 19.6 Å². The van der Waals surface area contributed by atoms with Crippen LogP contribution in [-0.4, -0.2) is 13.1 Å². The summed E-state index contributed by atoms with van der Waals surface area (Å²) in [5, 5.41) is 1.50. The van der Waals surface area contributed by atoms with Gasteiger partial charge in [-0.1, -0.05) is 19.6 Å². The highest BCUT2D eigenvalue weighted by Gasteiger charge is 2.15. The minimum Gasteiger partial charge on any atom is -0.368 e. The maximum Gasteiger partial charge on any atom is 0.0795 e. The zero-order chi connectivity index (χ0) is 6.91. The van der Waals surface area contributed by atoms with Crippen LogP contribution >= 0.6 is 0 Å². The number of aromatic amines is 1. The SMILES string of the molecule is C[Si](C)(C)c1cc[nH]c1. The van der Waals surface area contributed by atoms with Gasteiger partial charge in [-0.25, -0.2) is 0 Å². The summed E-state index contributed by atoms with van der Waals surface area (Å²) in [6.45, 7) is 7.03. The molecular weight excluding hydrogens is 126 g/mol. The van der Waals surface area contributed by atoms with Gasteiger partial charge in [-0.2, -0.15) is 0 Å². The normalized spacial score (nSPS) is 11.9. The molecule has 0 unspecified atom stereocenters. The third-order valence-electron chi connectivity index (χ3n) is 1.46. The van der Waals surface area contributed by atoms with Gasteiger partial charge in [-0.15, -0.1) is 0 Å². The molecule has 0 amide bonds. The quantitative estimate of drug-likeness (QED) is 0.568. The van der Waals surface area contributed by atoms with Gasteiger partial charge in [-0.3, -0.25) is 0 Å². The molecule has 0 aromatic carbocycles. The second-order valence-electron chi connectivity index (χ2n) is 3.35. The van der Waals surface area contributed by atoms with Crippen molar-refractivity contribution >= 4 is 13.3 Å². The average molecular weight is 139 g/mol. The van der Waals surface area contributed by atoms with Crippen LogP contribution < -0.4 is 5.19 Å². The molecule has 1 aromatic rings. The summed E-state index contributed by atoms with van der Waals surface area (Å²) < 4.78 is 0. The molecular formula is C7H13NSi. The average Bonchev–Trinajstić information content (AvgIpc) is 2.08. The van der Waals surface area contributed by atoms with Crippen LogP contribution in [0.15, 0.2) is 18.5 Å².